The van der Waals surface area contributed by atoms with Crippen LogP contribution in [0.2, 0.25) is 0 Å². The highest BCUT2D eigenvalue weighted by atomic mass is 15.1. The predicted molar refractivity (Wildman–Crippen MR) is 54.2 cm³/mol. The van der Waals surface area contributed by atoms with E-state index in [-0.39, 0.29) is 0 Å². The Bertz CT molecular complexity index is 149. The van der Waals surface area contributed by atoms with Crippen LogP contribution in [0, 0.1) is 11.8 Å². The maximum atomic E-state index is 2.55. The topological polar surface area (TPSA) is 3.24 Å². The van der Waals surface area contributed by atoms with Gasteiger partial charge in [-0.3, -0.25) is 4.90 Å². The first-order valence-electron chi connectivity index (χ1n) is 5.07. The zero-order valence-electron chi connectivity index (χ0n) is 8.59. The SMILES string of the molecule is C/C=C/CN1CCC(C(C)C)C1. The standard InChI is InChI=1S/C11H21N/c1-4-5-7-12-8-6-11(9-12)10(2)3/h4-5,10-11H,6-9H2,1-3H3/b5-4+. The number of likely N-dealkylation sites (tertiary alicyclic amines) is 1. The Morgan fingerprint density at radius 1 is 1.50 bits per heavy atom. The number of rotatable bonds is 3. The van der Waals surface area contributed by atoms with E-state index in [4.69, 9.17) is 0 Å². The van der Waals surface area contributed by atoms with E-state index in [9.17, 15) is 0 Å². The zero-order valence-corrected chi connectivity index (χ0v) is 8.59. The van der Waals surface area contributed by atoms with Crippen LogP contribution in [-0.2, 0) is 0 Å². The maximum absolute atomic E-state index is 2.55. The molecule has 0 N–H and O–H groups in total. The van der Waals surface area contributed by atoms with Crippen molar-refractivity contribution in [2.24, 2.45) is 11.8 Å². The minimum absolute atomic E-state index is 0.862. The summed E-state index contributed by atoms with van der Waals surface area (Å²) in [4.78, 5) is 2.55. The summed E-state index contributed by atoms with van der Waals surface area (Å²) in [5, 5.41) is 0. The van der Waals surface area contributed by atoms with E-state index in [1.807, 2.05) is 0 Å². The third kappa shape index (κ3) is 2.63. The highest BCUT2D eigenvalue weighted by molar-refractivity contribution is 4.85. The Balaban J connectivity index is 2.25. The van der Waals surface area contributed by atoms with E-state index < -0.39 is 0 Å². The summed E-state index contributed by atoms with van der Waals surface area (Å²) < 4.78 is 0. The van der Waals surface area contributed by atoms with Crippen LogP contribution in [0.1, 0.15) is 27.2 Å². The van der Waals surface area contributed by atoms with Crippen LogP contribution in [0.5, 0.6) is 0 Å². The van der Waals surface area contributed by atoms with Gasteiger partial charge in [0.25, 0.3) is 0 Å². The van der Waals surface area contributed by atoms with Gasteiger partial charge in [-0.1, -0.05) is 26.0 Å². The lowest BCUT2D eigenvalue weighted by atomic mass is 9.95. The van der Waals surface area contributed by atoms with Gasteiger partial charge in [0.2, 0.25) is 0 Å². The molecule has 0 amide bonds. The lowest BCUT2D eigenvalue weighted by molar-refractivity contribution is 0.329. The second-order valence-electron chi connectivity index (χ2n) is 4.12. The lowest BCUT2D eigenvalue weighted by Crippen LogP contribution is -2.21. The summed E-state index contributed by atoms with van der Waals surface area (Å²) in [5.74, 6) is 1.80. The van der Waals surface area contributed by atoms with Crippen LogP contribution >= 0.6 is 0 Å². The molecule has 1 aliphatic rings. The van der Waals surface area contributed by atoms with Gasteiger partial charge >= 0.3 is 0 Å². The first-order chi connectivity index (χ1) is 5.74. The third-order valence-corrected chi connectivity index (χ3v) is 2.85. The molecule has 0 bridgehead atoms. The Kier molecular flexibility index (Phi) is 3.80. The third-order valence-electron chi connectivity index (χ3n) is 2.85. The molecular formula is C11H21N. The Morgan fingerprint density at radius 2 is 2.25 bits per heavy atom. The summed E-state index contributed by atoms with van der Waals surface area (Å²) in [5.41, 5.74) is 0. The summed E-state index contributed by atoms with van der Waals surface area (Å²) in [6, 6.07) is 0. The van der Waals surface area contributed by atoms with Gasteiger partial charge < -0.3 is 0 Å². The highest BCUT2D eigenvalue weighted by Crippen LogP contribution is 2.22. The maximum Gasteiger partial charge on any atom is 0.0163 e. The smallest absolute Gasteiger partial charge is 0.0163 e. The largest absolute Gasteiger partial charge is 0.299 e. The first-order valence-corrected chi connectivity index (χ1v) is 5.07. The molecule has 1 atom stereocenters. The molecule has 1 heteroatoms. The van der Waals surface area contributed by atoms with E-state index in [1.54, 1.807) is 0 Å². The number of nitrogens with zero attached hydrogens (tertiary/aromatic N) is 1. The summed E-state index contributed by atoms with van der Waals surface area (Å²) in [6.45, 7) is 10.5. The molecule has 70 valence electrons. The second-order valence-corrected chi connectivity index (χ2v) is 4.12. The van der Waals surface area contributed by atoms with Crippen molar-refractivity contribution in [3.05, 3.63) is 12.2 Å². The zero-order chi connectivity index (χ0) is 8.97. The van der Waals surface area contributed by atoms with Gasteiger partial charge in [0.1, 0.15) is 0 Å². The molecule has 0 radical (unpaired) electrons. The minimum Gasteiger partial charge on any atom is -0.299 e. The van der Waals surface area contributed by atoms with Crippen molar-refractivity contribution in [3.63, 3.8) is 0 Å². The molecule has 1 heterocycles. The molecule has 1 aliphatic heterocycles. The van der Waals surface area contributed by atoms with E-state index in [0.717, 1.165) is 18.4 Å². The van der Waals surface area contributed by atoms with Gasteiger partial charge in [-0.2, -0.15) is 0 Å². The van der Waals surface area contributed by atoms with Gasteiger partial charge in [0.05, 0.1) is 0 Å². The molecule has 1 saturated heterocycles. The van der Waals surface area contributed by atoms with Crippen LogP contribution in [0.15, 0.2) is 12.2 Å². The monoisotopic (exact) mass is 167 g/mol. The first kappa shape index (κ1) is 9.79. The van der Waals surface area contributed by atoms with E-state index >= 15 is 0 Å². The number of hydrogen-bond acceptors (Lipinski definition) is 1. The quantitative estimate of drug-likeness (QED) is 0.584. The summed E-state index contributed by atoms with van der Waals surface area (Å²) >= 11 is 0. The van der Waals surface area contributed by atoms with Gasteiger partial charge in [-0.25, -0.2) is 0 Å². The molecule has 0 aromatic rings. The fraction of sp³-hybridized carbons (Fsp3) is 0.818. The van der Waals surface area contributed by atoms with Crippen molar-refractivity contribution < 1.29 is 0 Å². The van der Waals surface area contributed by atoms with Crippen LogP contribution in [0.4, 0.5) is 0 Å². The normalized spacial score (nSPS) is 26.2. The van der Waals surface area contributed by atoms with Crippen molar-refractivity contribution in [3.8, 4) is 0 Å². The molecule has 1 unspecified atom stereocenters. The highest BCUT2D eigenvalue weighted by Gasteiger charge is 2.23. The van der Waals surface area contributed by atoms with Crippen molar-refractivity contribution in [1.29, 1.82) is 0 Å². The average molecular weight is 167 g/mol. The van der Waals surface area contributed by atoms with Crippen LogP contribution < -0.4 is 0 Å². The van der Waals surface area contributed by atoms with Gasteiger partial charge in [-0.05, 0) is 31.7 Å². The van der Waals surface area contributed by atoms with Crippen LogP contribution in [-0.4, -0.2) is 24.5 Å². The number of hydrogen-bond donors (Lipinski definition) is 0. The Morgan fingerprint density at radius 3 is 2.75 bits per heavy atom. The average Bonchev–Trinajstić information content (AvgIpc) is 2.48. The molecule has 0 spiro atoms. The number of allylic oxidation sites excluding steroid dienone is 1. The fourth-order valence-corrected chi connectivity index (χ4v) is 1.83. The molecule has 1 nitrogen and oxygen atoms in total. The Hall–Kier alpha value is -0.300. The molecule has 0 aliphatic carbocycles. The van der Waals surface area contributed by atoms with Gasteiger partial charge in [-0.15, -0.1) is 0 Å². The van der Waals surface area contributed by atoms with E-state index in [0.29, 0.717) is 0 Å². The lowest BCUT2D eigenvalue weighted by Gasteiger charge is -2.15. The molecule has 0 aromatic heterocycles. The van der Waals surface area contributed by atoms with Gasteiger partial charge in [0, 0.05) is 13.1 Å². The van der Waals surface area contributed by atoms with E-state index in [2.05, 4.69) is 37.8 Å². The summed E-state index contributed by atoms with van der Waals surface area (Å²) in [7, 11) is 0. The van der Waals surface area contributed by atoms with Crippen molar-refractivity contribution in [1.82, 2.24) is 4.90 Å². The molecule has 1 rings (SSSR count). The molecule has 0 saturated carbocycles. The van der Waals surface area contributed by atoms with Crippen molar-refractivity contribution >= 4 is 0 Å². The second kappa shape index (κ2) is 4.66. The Labute approximate surface area is 76.5 Å². The molecule has 12 heavy (non-hydrogen) atoms. The van der Waals surface area contributed by atoms with Crippen LogP contribution in [0.25, 0.3) is 0 Å². The summed E-state index contributed by atoms with van der Waals surface area (Å²) in [6.07, 6.45) is 5.79. The van der Waals surface area contributed by atoms with Crippen molar-refractivity contribution in [2.45, 2.75) is 27.2 Å². The van der Waals surface area contributed by atoms with Crippen LogP contribution in [0.3, 0.4) is 0 Å². The predicted octanol–water partition coefficient (Wildman–Crippen LogP) is 2.54. The molecule has 0 aromatic carbocycles. The fourth-order valence-electron chi connectivity index (χ4n) is 1.83. The van der Waals surface area contributed by atoms with Crippen molar-refractivity contribution in [2.75, 3.05) is 19.6 Å². The molecular weight excluding hydrogens is 146 g/mol. The van der Waals surface area contributed by atoms with Gasteiger partial charge in [0.15, 0.2) is 0 Å². The minimum atomic E-state index is 0.862. The van der Waals surface area contributed by atoms with E-state index in [1.165, 1.54) is 19.5 Å². The molecule has 1 fully saturated rings.